The Morgan fingerprint density at radius 3 is 2.23 bits per heavy atom. The molecule has 0 saturated carbocycles. The Morgan fingerprint density at radius 2 is 1.68 bits per heavy atom. The lowest BCUT2D eigenvalue weighted by Crippen LogP contribution is -1.88. The van der Waals surface area contributed by atoms with Crippen LogP contribution in [-0.4, -0.2) is 33.0 Å². The Kier molecular flexibility index (Phi) is 7.22. The fourth-order valence-corrected chi connectivity index (χ4v) is 1.59. The van der Waals surface area contributed by atoms with Gasteiger partial charge >= 0.3 is 5.97 Å². The molecule has 0 aliphatic carbocycles. The van der Waals surface area contributed by atoms with Gasteiger partial charge in [-0.15, -0.1) is 0 Å². The van der Waals surface area contributed by atoms with Gasteiger partial charge in [-0.05, 0) is 35.8 Å². The van der Waals surface area contributed by atoms with Crippen LogP contribution in [-0.2, 0) is 11.2 Å². The van der Waals surface area contributed by atoms with E-state index in [2.05, 4.69) is 0 Å². The SMILES string of the molecule is O=C(O)C=Cc1ccc(O)c(O)c1.OCCc1ccccc1. The summed E-state index contributed by atoms with van der Waals surface area (Å²) in [6.07, 6.45) is 3.04. The van der Waals surface area contributed by atoms with Crippen molar-refractivity contribution in [3.63, 3.8) is 0 Å². The number of hydrogen-bond acceptors (Lipinski definition) is 4. The van der Waals surface area contributed by atoms with Crippen LogP contribution in [0.1, 0.15) is 11.1 Å². The minimum Gasteiger partial charge on any atom is -0.504 e. The molecule has 0 radical (unpaired) electrons. The Morgan fingerprint density at radius 1 is 1.00 bits per heavy atom. The molecule has 0 unspecified atom stereocenters. The predicted molar refractivity (Wildman–Crippen MR) is 83.7 cm³/mol. The van der Waals surface area contributed by atoms with Crippen molar-refractivity contribution < 1.29 is 25.2 Å². The van der Waals surface area contributed by atoms with Gasteiger partial charge in [-0.2, -0.15) is 0 Å². The van der Waals surface area contributed by atoms with E-state index in [9.17, 15) is 4.79 Å². The molecule has 116 valence electrons. The largest absolute Gasteiger partial charge is 0.504 e. The summed E-state index contributed by atoms with van der Waals surface area (Å²) < 4.78 is 0. The molecule has 0 amide bonds. The van der Waals surface area contributed by atoms with Gasteiger partial charge in [0, 0.05) is 12.7 Å². The van der Waals surface area contributed by atoms with Crippen molar-refractivity contribution in [2.24, 2.45) is 0 Å². The molecule has 0 aliphatic heterocycles. The third-order valence-electron chi connectivity index (χ3n) is 2.66. The van der Waals surface area contributed by atoms with E-state index in [0.29, 0.717) is 5.56 Å². The van der Waals surface area contributed by atoms with Crippen molar-refractivity contribution in [1.29, 1.82) is 0 Å². The van der Waals surface area contributed by atoms with Crippen LogP contribution in [0.15, 0.2) is 54.6 Å². The minimum absolute atomic E-state index is 0.229. The van der Waals surface area contributed by atoms with Gasteiger partial charge < -0.3 is 20.4 Å². The lowest BCUT2D eigenvalue weighted by Gasteiger charge is -1.97. The molecule has 0 fully saturated rings. The van der Waals surface area contributed by atoms with E-state index in [1.807, 2.05) is 30.3 Å². The summed E-state index contributed by atoms with van der Waals surface area (Å²) >= 11 is 0. The molecular formula is C17H18O5. The van der Waals surface area contributed by atoms with Gasteiger partial charge in [0.15, 0.2) is 11.5 Å². The highest BCUT2D eigenvalue weighted by Gasteiger charge is 1.97. The number of aliphatic carboxylic acids is 1. The smallest absolute Gasteiger partial charge is 0.328 e. The Labute approximate surface area is 128 Å². The summed E-state index contributed by atoms with van der Waals surface area (Å²) in [5, 5.41) is 34.8. The number of aliphatic hydroxyl groups is 1. The molecule has 4 N–H and O–H groups in total. The maximum atomic E-state index is 10.1. The summed E-state index contributed by atoms with van der Waals surface area (Å²) in [6.45, 7) is 0.240. The highest BCUT2D eigenvalue weighted by atomic mass is 16.4. The molecule has 0 saturated heterocycles. The van der Waals surface area contributed by atoms with Crippen LogP contribution in [0, 0.1) is 0 Å². The molecule has 22 heavy (non-hydrogen) atoms. The quantitative estimate of drug-likeness (QED) is 0.513. The van der Waals surface area contributed by atoms with E-state index < -0.39 is 5.97 Å². The van der Waals surface area contributed by atoms with Gasteiger partial charge in [-0.3, -0.25) is 0 Å². The number of aromatic hydroxyl groups is 2. The van der Waals surface area contributed by atoms with Gasteiger partial charge in [0.2, 0.25) is 0 Å². The molecule has 0 spiro atoms. The first-order valence-corrected chi connectivity index (χ1v) is 6.60. The summed E-state index contributed by atoms with van der Waals surface area (Å²) in [5.41, 5.74) is 1.71. The fraction of sp³-hybridized carbons (Fsp3) is 0.118. The second-order valence-electron chi connectivity index (χ2n) is 4.38. The Balaban J connectivity index is 0.000000235. The van der Waals surface area contributed by atoms with Crippen molar-refractivity contribution in [1.82, 2.24) is 0 Å². The molecule has 0 atom stereocenters. The molecule has 5 heteroatoms. The van der Waals surface area contributed by atoms with E-state index in [1.54, 1.807) is 0 Å². The van der Waals surface area contributed by atoms with E-state index in [-0.39, 0.29) is 18.1 Å². The molecule has 0 bridgehead atoms. The topological polar surface area (TPSA) is 98.0 Å². The number of carboxylic acid groups (broad SMARTS) is 1. The number of aliphatic hydroxyl groups excluding tert-OH is 1. The zero-order valence-corrected chi connectivity index (χ0v) is 11.9. The van der Waals surface area contributed by atoms with Crippen LogP contribution < -0.4 is 0 Å². The van der Waals surface area contributed by atoms with E-state index in [4.69, 9.17) is 20.4 Å². The number of hydrogen-bond donors (Lipinski definition) is 4. The number of rotatable bonds is 4. The first-order valence-electron chi connectivity index (χ1n) is 6.60. The van der Waals surface area contributed by atoms with Crippen molar-refractivity contribution in [3.8, 4) is 11.5 Å². The summed E-state index contributed by atoms with van der Waals surface area (Å²) in [5.74, 6) is -1.56. The summed E-state index contributed by atoms with van der Waals surface area (Å²) in [7, 11) is 0. The van der Waals surface area contributed by atoms with Gasteiger partial charge in [0.25, 0.3) is 0 Å². The van der Waals surface area contributed by atoms with Crippen LogP contribution in [0.3, 0.4) is 0 Å². The van der Waals surface area contributed by atoms with Crippen LogP contribution in [0.25, 0.3) is 6.08 Å². The van der Waals surface area contributed by atoms with Crippen molar-refractivity contribution in [3.05, 3.63) is 65.7 Å². The van der Waals surface area contributed by atoms with Gasteiger partial charge in [0.1, 0.15) is 0 Å². The van der Waals surface area contributed by atoms with Crippen LogP contribution in [0.4, 0.5) is 0 Å². The Bertz CT molecular complexity index is 620. The van der Waals surface area contributed by atoms with E-state index in [1.165, 1.54) is 29.8 Å². The molecule has 0 heterocycles. The second kappa shape index (κ2) is 9.20. The monoisotopic (exact) mass is 302 g/mol. The highest BCUT2D eigenvalue weighted by Crippen LogP contribution is 2.25. The van der Waals surface area contributed by atoms with Crippen LogP contribution >= 0.6 is 0 Å². The van der Waals surface area contributed by atoms with Gasteiger partial charge in [-0.1, -0.05) is 36.4 Å². The zero-order valence-electron chi connectivity index (χ0n) is 11.9. The first-order chi connectivity index (χ1) is 10.5. The molecule has 2 aromatic carbocycles. The highest BCUT2D eigenvalue weighted by molar-refractivity contribution is 5.85. The lowest BCUT2D eigenvalue weighted by atomic mass is 10.2. The predicted octanol–water partition coefficient (Wildman–Crippen LogP) is 2.42. The van der Waals surface area contributed by atoms with Crippen LogP contribution in [0.5, 0.6) is 11.5 Å². The molecule has 5 nitrogen and oxygen atoms in total. The minimum atomic E-state index is -1.06. The number of phenolic OH excluding ortho intramolecular Hbond substituents is 2. The number of carboxylic acids is 1. The molecular weight excluding hydrogens is 284 g/mol. The standard InChI is InChI=1S/C9H8O4.C8H10O/c10-7-3-1-6(5-8(7)11)2-4-9(12)13;9-7-6-8-4-2-1-3-5-8/h1-5,10-11H,(H,12,13);1-5,9H,6-7H2. The molecule has 2 aromatic rings. The van der Waals surface area contributed by atoms with Crippen molar-refractivity contribution in [2.75, 3.05) is 6.61 Å². The lowest BCUT2D eigenvalue weighted by molar-refractivity contribution is -0.131. The molecule has 2 rings (SSSR count). The third-order valence-corrected chi connectivity index (χ3v) is 2.66. The number of phenols is 2. The van der Waals surface area contributed by atoms with E-state index >= 15 is 0 Å². The van der Waals surface area contributed by atoms with E-state index in [0.717, 1.165) is 12.5 Å². The summed E-state index contributed by atoms with van der Waals surface area (Å²) in [4.78, 5) is 10.1. The van der Waals surface area contributed by atoms with Crippen molar-refractivity contribution in [2.45, 2.75) is 6.42 Å². The zero-order chi connectivity index (χ0) is 16.4. The van der Waals surface area contributed by atoms with Crippen molar-refractivity contribution >= 4 is 12.0 Å². The number of carbonyl (C=O) groups is 1. The average molecular weight is 302 g/mol. The number of benzene rings is 2. The normalized spacial score (nSPS) is 10.0. The van der Waals surface area contributed by atoms with Gasteiger partial charge in [-0.25, -0.2) is 4.79 Å². The average Bonchev–Trinajstić information content (AvgIpc) is 2.50. The summed E-state index contributed by atoms with van der Waals surface area (Å²) in [6, 6.07) is 14.0. The van der Waals surface area contributed by atoms with Crippen LogP contribution in [0.2, 0.25) is 0 Å². The molecule has 0 aliphatic rings. The molecule has 0 aromatic heterocycles. The second-order valence-corrected chi connectivity index (χ2v) is 4.38. The van der Waals surface area contributed by atoms with Gasteiger partial charge in [0.05, 0.1) is 0 Å². The maximum Gasteiger partial charge on any atom is 0.328 e. The fourth-order valence-electron chi connectivity index (χ4n) is 1.59. The first kappa shape index (κ1) is 17.3. The third kappa shape index (κ3) is 6.58. The maximum absolute atomic E-state index is 10.1. The Hall–Kier alpha value is -2.79.